The van der Waals surface area contributed by atoms with E-state index in [1.54, 1.807) is 14.2 Å². The number of rotatable bonds is 4. The highest BCUT2D eigenvalue weighted by Gasteiger charge is 2.41. The molecule has 0 aromatic heterocycles. The van der Waals surface area contributed by atoms with E-state index in [0.29, 0.717) is 6.42 Å². The molecule has 2 aromatic carbocycles. The minimum absolute atomic E-state index is 0.537. The summed E-state index contributed by atoms with van der Waals surface area (Å²) >= 11 is 0. The van der Waals surface area contributed by atoms with Gasteiger partial charge in [0.05, 0.1) is 19.8 Å². The van der Waals surface area contributed by atoms with E-state index in [-0.39, 0.29) is 0 Å². The SMILES string of the molecule is COc1ccc2ccc(OC)c(CC3(O)CC3)c2c1. The predicted octanol–water partition coefficient (Wildman–Crippen LogP) is 2.92. The van der Waals surface area contributed by atoms with Crippen molar-refractivity contribution in [2.45, 2.75) is 24.9 Å². The van der Waals surface area contributed by atoms with E-state index in [2.05, 4.69) is 0 Å². The lowest BCUT2D eigenvalue weighted by Gasteiger charge is -2.15. The van der Waals surface area contributed by atoms with Crippen LogP contribution >= 0.6 is 0 Å². The van der Waals surface area contributed by atoms with Crippen LogP contribution in [0.15, 0.2) is 30.3 Å². The molecule has 0 atom stereocenters. The molecule has 0 spiro atoms. The van der Waals surface area contributed by atoms with Crippen LogP contribution in [-0.2, 0) is 6.42 Å². The van der Waals surface area contributed by atoms with Gasteiger partial charge in [-0.15, -0.1) is 0 Å². The molecule has 0 bridgehead atoms. The Bertz CT molecular complexity index is 609. The minimum atomic E-state index is -0.537. The Kier molecular flexibility index (Phi) is 2.86. The third-order valence-electron chi connectivity index (χ3n) is 3.85. The predicted molar refractivity (Wildman–Crippen MR) is 74.9 cm³/mol. The summed E-state index contributed by atoms with van der Waals surface area (Å²) in [6.45, 7) is 0. The second-order valence-corrected chi connectivity index (χ2v) is 5.23. The summed E-state index contributed by atoms with van der Waals surface area (Å²) in [6, 6.07) is 10.0. The van der Waals surface area contributed by atoms with Gasteiger partial charge < -0.3 is 14.6 Å². The van der Waals surface area contributed by atoms with Gasteiger partial charge in [-0.2, -0.15) is 0 Å². The van der Waals surface area contributed by atoms with Crippen molar-refractivity contribution in [2.75, 3.05) is 14.2 Å². The third-order valence-corrected chi connectivity index (χ3v) is 3.85. The molecule has 1 aliphatic rings. The summed E-state index contributed by atoms with van der Waals surface area (Å²) in [5.41, 5.74) is 0.531. The van der Waals surface area contributed by atoms with E-state index >= 15 is 0 Å². The Balaban J connectivity index is 2.17. The summed E-state index contributed by atoms with van der Waals surface area (Å²) in [6.07, 6.45) is 2.38. The first-order valence-electron chi connectivity index (χ1n) is 6.51. The van der Waals surface area contributed by atoms with E-state index in [1.165, 1.54) is 0 Å². The van der Waals surface area contributed by atoms with Gasteiger partial charge in [-0.3, -0.25) is 0 Å². The molecule has 3 nitrogen and oxygen atoms in total. The molecular formula is C16H18O3. The Labute approximate surface area is 112 Å². The first-order chi connectivity index (χ1) is 9.15. The van der Waals surface area contributed by atoms with Crippen molar-refractivity contribution in [2.24, 2.45) is 0 Å². The first-order valence-corrected chi connectivity index (χ1v) is 6.51. The Morgan fingerprint density at radius 3 is 2.47 bits per heavy atom. The van der Waals surface area contributed by atoms with Gasteiger partial charge in [0, 0.05) is 12.0 Å². The van der Waals surface area contributed by atoms with Crippen LogP contribution in [0.4, 0.5) is 0 Å². The largest absolute Gasteiger partial charge is 0.497 e. The van der Waals surface area contributed by atoms with E-state index < -0.39 is 5.60 Å². The van der Waals surface area contributed by atoms with Gasteiger partial charge in [0.1, 0.15) is 11.5 Å². The Morgan fingerprint density at radius 2 is 1.84 bits per heavy atom. The molecule has 0 heterocycles. The number of benzene rings is 2. The standard InChI is InChI=1S/C16H18O3/c1-18-12-5-3-11-4-6-15(19-2)14(13(11)9-12)10-16(17)7-8-16/h3-6,9,17H,7-8,10H2,1-2H3. The van der Waals surface area contributed by atoms with Gasteiger partial charge in [0.2, 0.25) is 0 Å². The Morgan fingerprint density at radius 1 is 1.11 bits per heavy atom. The summed E-state index contributed by atoms with van der Waals surface area (Å²) < 4.78 is 10.7. The molecule has 19 heavy (non-hydrogen) atoms. The quantitative estimate of drug-likeness (QED) is 0.916. The summed E-state index contributed by atoms with van der Waals surface area (Å²) in [5.74, 6) is 1.66. The lowest BCUT2D eigenvalue weighted by molar-refractivity contribution is 0.150. The van der Waals surface area contributed by atoms with Crippen LogP contribution in [0.1, 0.15) is 18.4 Å². The molecule has 100 valence electrons. The average molecular weight is 258 g/mol. The minimum Gasteiger partial charge on any atom is -0.497 e. The number of ether oxygens (including phenoxy) is 2. The number of hydrogen-bond donors (Lipinski definition) is 1. The molecule has 2 aromatic rings. The molecule has 1 saturated carbocycles. The highest BCUT2D eigenvalue weighted by Crippen LogP contribution is 2.42. The molecule has 0 radical (unpaired) electrons. The number of hydrogen-bond acceptors (Lipinski definition) is 3. The number of fused-ring (bicyclic) bond motifs is 1. The molecule has 3 heteroatoms. The Hall–Kier alpha value is -1.74. The van der Waals surface area contributed by atoms with Gasteiger partial charge >= 0.3 is 0 Å². The fraction of sp³-hybridized carbons (Fsp3) is 0.375. The molecule has 0 aliphatic heterocycles. The van der Waals surface area contributed by atoms with Crippen molar-refractivity contribution in [3.05, 3.63) is 35.9 Å². The van der Waals surface area contributed by atoms with Gasteiger partial charge in [-0.1, -0.05) is 12.1 Å². The smallest absolute Gasteiger partial charge is 0.122 e. The first kappa shape index (κ1) is 12.3. The van der Waals surface area contributed by atoms with Gasteiger partial charge in [0.25, 0.3) is 0 Å². The second-order valence-electron chi connectivity index (χ2n) is 5.23. The molecule has 0 saturated heterocycles. The van der Waals surface area contributed by atoms with Crippen molar-refractivity contribution in [3.63, 3.8) is 0 Å². The summed E-state index contributed by atoms with van der Waals surface area (Å²) in [5, 5.41) is 12.4. The monoisotopic (exact) mass is 258 g/mol. The van der Waals surface area contributed by atoms with Crippen molar-refractivity contribution in [3.8, 4) is 11.5 Å². The zero-order valence-corrected chi connectivity index (χ0v) is 11.3. The number of methoxy groups -OCH3 is 2. The van der Waals surface area contributed by atoms with E-state index in [0.717, 1.165) is 40.7 Å². The molecule has 0 amide bonds. The third kappa shape index (κ3) is 2.26. The molecule has 1 N–H and O–H groups in total. The van der Waals surface area contributed by atoms with Crippen LogP contribution in [0.3, 0.4) is 0 Å². The van der Waals surface area contributed by atoms with Crippen LogP contribution in [0.5, 0.6) is 11.5 Å². The van der Waals surface area contributed by atoms with E-state index in [9.17, 15) is 5.11 Å². The van der Waals surface area contributed by atoms with E-state index in [1.807, 2.05) is 30.3 Å². The number of aliphatic hydroxyl groups is 1. The normalized spacial score (nSPS) is 16.4. The molecule has 0 unspecified atom stereocenters. The highest BCUT2D eigenvalue weighted by atomic mass is 16.5. The fourth-order valence-electron chi connectivity index (χ4n) is 2.49. The molecule has 1 aliphatic carbocycles. The van der Waals surface area contributed by atoms with Crippen molar-refractivity contribution in [1.29, 1.82) is 0 Å². The zero-order valence-electron chi connectivity index (χ0n) is 11.3. The lowest BCUT2D eigenvalue weighted by atomic mass is 9.97. The highest BCUT2D eigenvalue weighted by molar-refractivity contribution is 5.89. The molecule has 3 rings (SSSR count). The lowest BCUT2D eigenvalue weighted by Crippen LogP contribution is -2.12. The van der Waals surface area contributed by atoms with Crippen molar-refractivity contribution < 1.29 is 14.6 Å². The van der Waals surface area contributed by atoms with Gasteiger partial charge in [-0.25, -0.2) is 0 Å². The zero-order chi connectivity index (χ0) is 13.5. The molecular weight excluding hydrogens is 240 g/mol. The summed E-state index contributed by atoms with van der Waals surface area (Å²) in [7, 11) is 3.33. The van der Waals surface area contributed by atoms with Crippen LogP contribution in [0.2, 0.25) is 0 Å². The van der Waals surface area contributed by atoms with Crippen molar-refractivity contribution in [1.82, 2.24) is 0 Å². The summed E-state index contributed by atoms with van der Waals surface area (Å²) in [4.78, 5) is 0. The molecule has 1 fully saturated rings. The van der Waals surface area contributed by atoms with Crippen LogP contribution in [0, 0.1) is 0 Å². The van der Waals surface area contributed by atoms with Crippen LogP contribution in [-0.4, -0.2) is 24.9 Å². The maximum absolute atomic E-state index is 10.2. The van der Waals surface area contributed by atoms with Gasteiger partial charge in [-0.05, 0) is 41.8 Å². The second kappa shape index (κ2) is 4.42. The van der Waals surface area contributed by atoms with Crippen molar-refractivity contribution >= 4 is 10.8 Å². The topological polar surface area (TPSA) is 38.7 Å². The van der Waals surface area contributed by atoms with Gasteiger partial charge in [0.15, 0.2) is 0 Å². The van der Waals surface area contributed by atoms with Crippen LogP contribution in [0.25, 0.3) is 10.8 Å². The maximum Gasteiger partial charge on any atom is 0.122 e. The average Bonchev–Trinajstić information content (AvgIpc) is 3.16. The fourth-order valence-corrected chi connectivity index (χ4v) is 2.49. The van der Waals surface area contributed by atoms with Crippen LogP contribution < -0.4 is 9.47 Å². The maximum atomic E-state index is 10.2. The van der Waals surface area contributed by atoms with E-state index in [4.69, 9.17) is 9.47 Å².